The largest absolute Gasteiger partial charge is 0.360 e. The van der Waals surface area contributed by atoms with Crippen LogP contribution in [0.25, 0.3) is 0 Å². The number of thiophene rings is 1. The molecule has 0 unspecified atom stereocenters. The van der Waals surface area contributed by atoms with Gasteiger partial charge in [-0.2, -0.15) is 0 Å². The first-order chi connectivity index (χ1) is 15.1. The summed E-state index contributed by atoms with van der Waals surface area (Å²) < 4.78 is 63.7. The first kappa shape index (κ1) is 22.1. The molecule has 1 aromatic heterocycles. The number of allylic oxidation sites excluding steroid dienone is 1. The third-order valence-electron chi connectivity index (χ3n) is 4.70. The van der Waals surface area contributed by atoms with Crippen LogP contribution >= 0.6 is 11.3 Å². The molecule has 0 bridgehead atoms. The number of hydrogen-bond donors (Lipinski definition) is 2. The van der Waals surface area contributed by atoms with Crippen LogP contribution in [0.2, 0.25) is 0 Å². The van der Waals surface area contributed by atoms with Gasteiger partial charge in [0.1, 0.15) is 10.7 Å². The van der Waals surface area contributed by atoms with Crippen LogP contribution in [0.5, 0.6) is 0 Å². The number of nitrogens with two attached hydrogens (primary N) is 1. The molecule has 12 heteroatoms. The van der Waals surface area contributed by atoms with Crippen molar-refractivity contribution in [3.63, 3.8) is 0 Å². The lowest BCUT2D eigenvalue weighted by Gasteiger charge is -2.29. The number of ketones is 1. The van der Waals surface area contributed by atoms with E-state index in [1.807, 2.05) is 0 Å². The zero-order valence-corrected chi connectivity index (χ0v) is 18.7. The van der Waals surface area contributed by atoms with Gasteiger partial charge in [0.05, 0.1) is 17.1 Å². The minimum atomic E-state index is -4.23. The highest BCUT2D eigenvalue weighted by Gasteiger charge is 2.41. The van der Waals surface area contributed by atoms with E-state index in [1.165, 1.54) is 48.5 Å². The van der Waals surface area contributed by atoms with Gasteiger partial charge in [-0.3, -0.25) is 9.10 Å². The molecule has 0 spiro atoms. The van der Waals surface area contributed by atoms with Gasteiger partial charge in [-0.25, -0.2) is 26.4 Å². The molecule has 0 atom stereocenters. The van der Waals surface area contributed by atoms with Gasteiger partial charge >= 0.3 is 0 Å². The second-order valence-corrected chi connectivity index (χ2v) is 11.1. The SMILES string of the molecule is NS(=O)(=O)c1ccc(N/C=C2/C(=O)c3sccc3N(Cc3ccc(F)cc3)S2(=O)=O)cc1. The minimum Gasteiger partial charge on any atom is -0.360 e. The summed E-state index contributed by atoms with van der Waals surface area (Å²) in [5.74, 6) is -1.10. The molecule has 0 aliphatic carbocycles. The number of carbonyl (C=O) groups excluding carboxylic acids is 1. The maximum absolute atomic E-state index is 13.3. The number of nitrogens with zero attached hydrogens (tertiary/aromatic N) is 1. The van der Waals surface area contributed by atoms with E-state index in [2.05, 4.69) is 5.32 Å². The lowest BCUT2D eigenvalue weighted by Crippen LogP contribution is -2.38. The van der Waals surface area contributed by atoms with Crippen LogP contribution in [0.4, 0.5) is 15.8 Å². The normalized spacial score (nSPS) is 16.8. The Morgan fingerprint density at radius 2 is 1.72 bits per heavy atom. The summed E-state index contributed by atoms with van der Waals surface area (Å²) in [7, 11) is -8.10. The zero-order chi connectivity index (χ0) is 23.1. The highest BCUT2D eigenvalue weighted by molar-refractivity contribution is 7.97. The number of nitrogens with one attached hydrogen (secondary N) is 1. The Morgan fingerprint density at radius 1 is 1.06 bits per heavy atom. The van der Waals surface area contributed by atoms with Crippen LogP contribution in [-0.4, -0.2) is 22.6 Å². The van der Waals surface area contributed by atoms with Crippen molar-refractivity contribution in [3.8, 4) is 0 Å². The van der Waals surface area contributed by atoms with Gasteiger partial charge in [0.25, 0.3) is 10.0 Å². The van der Waals surface area contributed by atoms with Gasteiger partial charge in [0.15, 0.2) is 4.91 Å². The summed E-state index contributed by atoms with van der Waals surface area (Å²) in [5, 5.41) is 9.41. The lowest BCUT2D eigenvalue weighted by atomic mass is 10.2. The molecule has 1 aliphatic heterocycles. The molecule has 2 heterocycles. The van der Waals surface area contributed by atoms with Crippen molar-refractivity contribution in [3.05, 3.63) is 87.3 Å². The second-order valence-electron chi connectivity index (χ2n) is 6.82. The smallest absolute Gasteiger partial charge is 0.270 e. The molecular formula is C20H16FN3O5S3. The minimum absolute atomic E-state index is 0.0833. The van der Waals surface area contributed by atoms with E-state index in [9.17, 15) is 26.0 Å². The highest BCUT2D eigenvalue weighted by Crippen LogP contribution is 2.39. The van der Waals surface area contributed by atoms with Gasteiger partial charge in [0, 0.05) is 11.9 Å². The number of fused-ring (bicyclic) bond motifs is 1. The Morgan fingerprint density at radius 3 is 2.34 bits per heavy atom. The summed E-state index contributed by atoms with van der Waals surface area (Å²) in [5.41, 5.74) is 1.17. The van der Waals surface area contributed by atoms with Crippen LogP contribution in [0.15, 0.2) is 76.0 Å². The van der Waals surface area contributed by atoms with E-state index < -0.39 is 36.6 Å². The average Bonchev–Trinajstić information content (AvgIpc) is 3.22. The quantitative estimate of drug-likeness (QED) is 0.526. The van der Waals surface area contributed by atoms with Crippen molar-refractivity contribution in [2.24, 2.45) is 5.14 Å². The number of Topliss-reactive ketones (excluding diaryl/α,β-unsaturated/α-hetero) is 1. The summed E-state index contributed by atoms with van der Waals surface area (Å²) in [6.07, 6.45) is 1.07. The van der Waals surface area contributed by atoms with Crippen LogP contribution in [-0.2, 0) is 26.6 Å². The first-order valence-corrected chi connectivity index (χ1v) is 12.9. The number of primary sulfonamides is 1. The lowest BCUT2D eigenvalue weighted by molar-refractivity contribution is 0.104. The molecule has 32 heavy (non-hydrogen) atoms. The molecule has 4 rings (SSSR count). The van der Waals surface area contributed by atoms with E-state index in [4.69, 9.17) is 5.14 Å². The summed E-state index contributed by atoms with van der Waals surface area (Å²) in [6.45, 7) is -0.0833. The molecule has 2 aromatic carbocycles. The highest BCUT2D eigenvalue weighted by atomic mass is 32.2. The van der Waals surface area contributed by atoms with Gasteiger partial charge in [-0.05, 0) is 53.4 Å². The van der Waals surface area contributed by atoms with Crippen molar-refractivity contribution < 1.29 is 26.0 Å². The van der Waals surface area contributed by atoms with Gasteiger partial charge in [-0.1, -0.05) is 12.1 Å². The Hall–Kier alpha value is -3.06. The monoisotopic (exact) mass is 493 g/mol. The first-order valence-electron chi connectivity index (χ1n) is 9.06. The fourth-order valence-electron chi connectivity index (χ4n) is 3.10. The average molecular weight is 494 g/mol. The molecule has 0 fully saturated rings. The predicted molar refractivity (Wildman–Crippen MR) is 120 cm³/mol. The van der Waals surface area contributed by atoms with E-state index in [0.29, 0.717) is 11.3 Å². The predicted octanol–water partition coefficient (Wildman–Crippen LogP) is 3.02. The van der Waals surface area contributed by atoms with Crippen molar-refractivity contribution >= 4 is 48.5 Å². The summed E-state index contributed by atoms with van der Waals surface area (Å²) >= 11 is 1.12. The summed E-state index contributed by atoms with van der Waals surface area (Å²) in [6, 6.07) is 12.3. The number of hydrogen-bond acceptors (Lipinski definition) is 7. The molecule has 0 saturated carbocycles. The van der Waals surface area contributed by atoms with E-state index in [0.717, 1.165) is 21.8 Å². The number of carbonyl (C=O) groups is 1. The van der Waals surface area contributed by atoms with Crippen molar-refractivity contribution in [2.75, 3.05) is 9.62 Å². The topological polar surface area (TPSA) is 127 Å². The standard InChI is InChI=1S/C20H16FN3O5S3/c21-14-3-1-13(2-4-14)12-24-17-9-10-30-20(17)19(25)18(32(24,28)29)11-23-15-5-7-16(8-6-15)31(22,26)27/h1-11,23H,12H2,(H2,22,26,27)/b18-11-. The van der Waals surface area contributed by atoms with Gasteiger partial charge < -0.3 is 5.32 Å². The maximum Gasteiger partial charge on any atom is 0.270 e. The van der Waals surface area contributed by atoms with Crippen LogP contribution < -0.4 is 14.8 Å². The third-order valence-corrected chi connectivity index (χ3v) is 8.30. The molecular weight excluding hydrogens is 477 g/mol. The number of sulfonamides is 2. The van der Waals surface area contributed by atoms with Gasteiger partial charge in [-0.15, -0.1) is 11.3 Å². The zero-order valence-electron chi connectivity index (χ0n) is 16.2. The van der Waals surface area contributed by atoms with Crippen molar-refractivity contribution in [1.82, 2.24) is 0 Å². The van der Waals surface area contributed by atoms with Crippen LogP contribution in [0, 0.1) is 5.82 Å². The van der Waals surface area contributed by atoms with Crippen molar-refractivity contribution in [1.29, 1.82) is 0 Å². The number of benzene rings is 2. The number of rotatable bonds is 5. The van der Waals surface area contributed by atoms with Crippen molar-refractivity contribution in [2.45, 2.75) is 11.4 Å². The Balaban J connectivity index is 1.69. The van der Waals surface area contributed by atoms with Crippen LogP contribution in [0.3, 0.4) is 0 Å². The van der Waals surface area contributed by atoms with E-state index >= 15 is 0 Å². The Labute approximate surface area is 187 Å². The molecule has 1 aliphatic rings. The molecule has 0 radical (unpaired) electrons. The Kier molecular flexibility index (Phi) is 5.63. The molecule has 0 saturated heterocycles. The fraction of sp³-hybridized carbons (Fsp3) is 0.0500. The molecule has 3 aromatic rings. The van der Waals surface area contributed by atoms with E-state index in [1.54, 1.807) is 11.4 Å². The maximum atomic E-state index is 13.3. The number of halogens is 1. The molecule has 166 valence electrons. The van der Waals surface area contributed by atoms with Crippen LogP contribution in [0.1, 0.15) is 15.2 Å². The molecule has 3 N–H and O–H groups in total. The third kappa shape index (κ3) is 4.17. The second kappa shape index (κ2) is 8.13. The Bertz CT molecular complexity index is 1430. The number of anilines is 2. The fourth-order valence-corrected chi connectivity index (χ4v) is 6.10. The van der Waals surface area contributed by atoms with E-state index in [-0.39, 0.29) is 22.0 Å². The molecule has 0 amide bonds. The summed E-state index contributed by atoms with van der Waals surface area (Å²) in [4.78, 5) is 12.6. The van der Waals surface area contributed by atoms with Gasteiger partial charge in [0.2, 0.25) is 15.8 Å². The molecule has 8 nitrogen and oxygen atoms in total.